The highest BCUT2D eigenvalue weighted by atomic mass is 16.5. The molecule has 5 aliphatic carbocycles. The Morgan fingerprint density at radius 1 is 0.943 bits per heavy atom. The summed E-state index contributed by atoms with van der Waals surface area (Å²) in [6.45, 7) is 19.1. The van der Waals surface area contributed by atoms with E-state index in [1.54, 1.807) is 7.11 Å². The van der Waals surface area contributed by atoms with Crippen LogP contribution in [0.4, 0.5) is 0 Å². The lowest BCUT2D eigenvalue weighted by molar-refractivity contribution is -0.230. The number of hydrogen-bond donors (Lipinski definition) is 1. The summed E-state index contributed by atoms with van der Waals surface area (Å²) < 4.78 is 5.50. The van der Waals surface area contributed by atoms with Gasteiger partial charge in [-0.25, -0.2) is 0 Å². The molecule has 0 saturated heterocycles. The second kappa shape index (κ2) is 7.84. The van der Waals surface area contributed by atoms with Gasteiger partial charge in [0.1, 0.15) is 0 Å². The Hall–Kier alpha value is -1.32. The number of nitrogens with zero attached hydrogens (tertiary/aromatic N) is 1. The third kappa shape index (κ3) is 2.98. The van der Waals surface area contributed by atoms with Crippen LogP contribution in [0.1, 0.15) is 106 Å². The molecule has 5 fully saturated rings. The van der Waals surface area contributed by atoms with Gasteiger partial charge >= 0.3 is 5.97 Å². The minimum atomic E-state index is -0.313. The quantitative estimate of drug-likeness (QED) is 0.190. The van der Waals surface area contributed by atoms with E-state index in [0.717, 1.165) is 44.2 Å². The van der Waals surface area contributed by atoms with E-state index in [9.17, 15) is 10.0 Å². The lowest BCUT2D eigenvalue weighted by atomic mass is 9.32. The molecule has 5 saturated carbocycles. The van der Waals surface area contributed by atoms with Crippen molar-refractivity contribution in [1.29, 1.82) is 0 Å². The highest BCUT2D eigenvalue weighted by Gasteiger charge is 2.72. The Kier molecular flexibility index (Phi) is 5.67. The van der Waals surface area contributed by atoms with Crippen molar-refractivity contribution in [3.63, 3.8) is 0 Å². The molecule has 1 N–H and O–H groups in total. The monoisotopic (exact) mass is 483 g/mol. The van der Waals surface area contributed by atoms with Crippen molar-refractivity contribution in [2.24, 2.45) is 61.8 Å². The van der Waals surface area contributed by atoms with Crippen LogP contribution in [0, 0.1) is 56.7 Å². The zero-order chi connectivity index (χ0) is 25.6. The van der Waals surface area contributed by atoms with Gasteiger partial charge < -0.3 is 9.94 Å². The Labute approximate surface area is 213 Å². The average Bonchev–Trinajstić information content (AvgIpc) is 3.20. The maximum Gasteiger partial charge on any atom is 0.312 e. The summed E-state index contributed by atoms with van der Waals surface area (Å²) in [4.78, 5) is 13.4. The van der Waals surface area contributed by atoms with E-state index in [1.165, 1.54) is 31.3 Å². The molecule has 35 heavy (non-hydrogen) atoms. The van der Waals surface area contributed by atoms with E-state index in [0.29, 0.717) is 29.6 Å². The molecule has 4 nitrogen and oxygen atoms in total. The summed E-state index contributed by atoms with van der Waals surface area (Å²) >= 11 is 0. The van der Waals surface area contributed by atoms with E-state index in [2.05, 4.69) is 53.3 Å². The number of esters is 1. The van der Waals surface area contributed by atoms with E-state index in [4.69, 9.17) is 4.74 Å². The van der Waals surface area contributed by atoms with Crippen LogP contribution >= 0.6 is 0 Å². The fraction of sp³-hybridized carbons (Fsp3) is 0.871. The molecule has 0 radical (unpaired) electrons. The summed E-state index contributed by atoms with van der Waals surface area (Å²) in [5.41, 5.74) is 2.64. The molecule has 5 rings (SSSR count). The van der Waals surface area contributed by atoms with Gasteiger partial charge in [0.2, 0.25) is 0 Å². The molecule has 0 heterocycles. The van der Waals surface area contributed by atoms with Crippen LogP contribution in [-0.4, -0.2) is 24.0 Å². The minimum absolute atomic E-state index is 0.0427. The van der Waals surface area contributed by atoms with Gasteiger partial charge in [-0.2, -0.15) is 0 Å². The molecule has 0 aliphatic heterocycles. The number of hydrogen-bond acceptors (Lipinski definition) is 4. The van der Waals surface area contributed by atoms with Gasteiger partial charge in [0, 0.05) is 5.41 Å². The summed E-state index contributed by atoms with van der Waals surface area (Å²) in [5, 5.41) is 13.5. The van der Waals surface area contributed by atoms with Gasteiger partial charge in [-0.15, -0.1) is 0 Å². The van der Waals surface area contributed by atoms with E-state index in [1.807, 2.05) is 0 Å². The first kappa shape index (κ1) is 25.3. The molecule has 0 bridgehead atoms. The number of carbonyl (C=O) groups excluding carboxylic acids is 1. The molecule has 0 aromatic carbocycles. The fourth-order valence-electron chi connectivity index (χ4n) is 11.7. The number of oxime groups is 1. The number of rotatable bonds is 2. The van der Waals surface area contributed by atoms with Crippen molar-refractivity contribution in [2.45, 2.75) is 106 Å². The van der Waals surface area contributed by atoms with Crippen LogP contribution in [-0.2, 0) is 9.53 Å². The maximum atomic E-state index is 13.4. The van der Waals surface area contributed by atoms with Gasteiger partial charge in [-0.1, -0.05) is 51.9 Å². The zero-order valence-electron chi connectivity index (χ0n) is 23.4. The summed E-state index contributed by atoms with van der Waals surface area (Å²) in [7, 11) is 1.59. The summed E-state index contributed by atoms with van der Waals surface area (Å²) in [5.74, 6) is 2.62. The molecule has 2 unspecified atom stereocenters. The molecule has 4 heteroatoms. The lowest BCUT2D eigenvalue weighted by Gasteiger charge is -2.72. The van der Waals surface area contributed by atoms with Crippen LogP contribution in [0.2, 0.25) is 0 Å². The second-order valence-corrected chi connectivity index (χ2v) is 14.6. The number of ether oxygens (including phenoxy) is 1. The van der Waals surface area contributed by atoms with Crippen LogP contribution in [0.15, 0.2) is 17.3 Å². The normalized spacial score (nSPS) is 51.5. The Morgan fingerprint density at radius 2 is 1.66 bits per heavy atom. The number of methoxy groups -OCH3 is 1. The first-order valence-electron chi connectivity index (χ1n) is 14.3. The first-order chi connectivity index (χ1) is 16.3. The van der Waals surface area contributed by atoms with E-state index < -0.39 is 0 Å². The SMILES string of the molecule is C=C(C)[C@@H]1CC[C@]2(C(=O)OC)CC[C@]3(C)[C@H](CC[C@@H]4[C@@]5(C)CC/C(=N\O)C(C)(C)C5CC[C@]43C)C12. The van der Waals surface area contributed by atoms with Crippen LogP contribution in [0.25, 0.3) is 0 Å². The average molecular weight is 484 g/mol. The molecule has 196 valence electrons. The summed E-state index contributed by atoms with van der Waals surface area (Å²) in [6.07, 6.45) is 11.1. The van der Waals surface area contributed by atoms with Crippen LogP contribution in [0.5, 0.6) is 0 Å². The predicted octanol–water partition coefficient (Wildman–Crippen LogP) is 7.65. The van der Waals surface area contributed by atoms with E-state index >= 15 is 0 Å². The molecule has 0 aromatic rings. The Bertz CT molecular complexity index is 953. The van der Waals surface area contributed by atoms with E-state index in [-0.39, 0.29) is 33.0 Å². The number of allylic oxidation sites excluding steroid dienone is 1. The van der Waals surface area contributed by atoms with Gasteiger partial charge in [0.05, 0.1) is 18.2 Å². The highest BCUT2D eigenvalue weighted by molar-refractivity contribution is 5.90. The lowest BCUT2D eigenvalue weighted by Crippen LogP contribution is -2.66. The van der Waals surface area contributed by atoms with Crippen molar-refractivity contribution in [1.82, 2.24) is 0 Å². The predicted molar refractivity (Wildman–Crippen MR) is 140 cm³/mol. The molecular weight excluding hydrogens is 434 g/mol. The maximum absolute atomic E-state index is 13.4. The van der Waals surface area contributed by atoms with Crippen molar-refractivity contribution in [3.05, 3.63) is 12.2 Å². The summed E-state index contributed by atoms with van der Waals surface area (Å²) in [6, 6.07) is 0. The van der Waals surface area contributed by atoms with Crippen molar-refractivity contribution in [3.8, 4) is 0 Å². The molecule has 5 aliphatic rings. The van der Waals surface area contributed by atoms with Gasteiger partial charge in [0.25, 0.3) is 0 Å². The third-order valence-electron chi connectivity index (χ3n) is 13.6. The van der Waals surface area contributed by atoms with Gasteiger partial charge in [-0.3, -0.25) is 4.79 Å². The number of carbonyl (C=O) groups is 1. The third-order valence-corrected chi connectivity index (χ3v) is 13.6. The molecular formula is C31H49NO3. The topological polar surface area (TPSA) is 58.9 Å². The number of fused-ring (bicyclic) bond motifs is 7. The van der Waals surface area contributed by atoms with Crippen molar-refractivity contribution in [2.75, 3.05) is 7.11 Å². The zero-order valence-corrected chi connectivity index (χ0v) is 23.4. The largest absolute Gasteiger partial charge is 0.469 e. The minimum Gasteiger partial charge on any atom is -0.469 e. The molecule has 0 spiro atoms. The van der Waals surface area contributed by atoms with Gasteiger partial charge in [0.15, 0.2) is 0 Å². The fourth-order valence-corrected chi connectivity index (χ4v) is 11.7. The smallest absolute Gasteiger partial charge is 0.312 e. The van der Waals surface area contributed by atoms with Crippen molar-refractivity contribution >= 4 is 11.7 Å². The highest BCUT2D eigenvalue weighted by Crippen LogP contribution is 2.77. The van der Waals surface area contributed by atoms with Gasteiger partial charge in [-0.05, 0) is 117 Å². The van der Waals surface area contributed by atoms with Crippen LogP contribution < -0.4 is 0 Å². The van der Waals surface area contributed by atoms with Crippen LogP contribution in [0.3, 0.4) is 0 Å². The first-order valence-corrected chi connectivity index (χ1v) is 14.3. The standard InChI is InChI=1S/C31H49NO3/c1-19(2)20-11-16-31(26(33)35-8)18-17-29(6)21(25(20)31)9-10-23-28(5)14-13-24(32-34)27(3,4)22(28)12-15-30(23,29)7/h20-23,25,34H,1,9-18H2,2-8H3/b32-24+/t20-,21+,22?,23+,25?,28-,29+,30+,31-/m0/s1. The Morgan fingerprint density at radius 3 is 2.29 bits per heavy atom. The van der Waals surface area contributed by atoms with Crippen molar-refractivity contribution < 1.29 is 14.7 Å². The molecule has 0 aromatic heterocycles. The molecule has 0 amide bonds. The Balaban J connectivity index is 1.56. The molecule has 9 atom stereocenters. The second-order valence-electron chi connectivity index (χ2n) is 14.6.